The molecule has 23 heavy (non-hydrogen) atoms. The standard InChI is InChI=1S/C20H17NO2/c22-19-13-7-12-17(15-8-3-1-4-9-15)18(19)14-21-20(23)16-10-5-2-6-11-16/h1-13,22H,14H2,(H,21,23). The molecule has 0 radical (unpaired) electrons. The van der Waals surface area contributed by atoms with Gasteiger partial charge in [0.25, 0.3) is 5.91 Å². The maximum atomic E-state index is 12.2. The summed E-state index contributed by atoms with van der Waals surface area (Å²) in [5.41, 5.74) is 3.23. The highest BCUT2D eigenvalue weighted by molar-refractivity contribution is 5.94. The van der Waals surface area contributed by atoms with E-state index in [1.165, 1.54) is 0 Å². The first-order chi connectivity index (χ1) is 11.3. The molecule has 1 amide bonds. The van der Waals surface area contributed by atoms with Gasteiger partial charge in [0.1, 0.15) is 5.75 Å². The van der Waals surface area contributed by atoms with Crippen molar-refractivity contribution in [3.63, 3.8) is 0 Å². The lowest BCUT2D eigenvalue weighted by molar-refractivity contribution is 0.0951. The number of phenolic OH excluding ortho intramolecular Hbond substituents is 1. The Morgan fingerprint density at radius 3 is 2.17 bits per heavy atom. The predicted molar refractivity (Wildman–Crippen MR) is 91.2 cm³/mol. The van der Waals surface area contributed by atoms with Crippen LogP contribution >= 0.6 is 0 Å². The molecule has 0 unspecified atom stereocenters. The minimum absolute atomic E-state index is 0.159. The molecular weight excluding hydrogens is 286 g/mol. The smallest absolute Gasteiger partial charge is 0.251 e. The number of rotatable bonds is 4. The summed E-state index contributed by atoms with van der Waals surface area (Å²) in [6.07, 6.45) is 0. The first-order valence-corrected chi connectivity index (χ1v) is 7.45. The summed E-state index contributed by atoms with van der Waals surface area (Å²) in [6.45, 7) is 0.268. The Morgan fingerprint density at radius 1 is 0.826 bits per heavy atom. The van der Waals surface area contributed by atoms with Crippen LogP contribution in [0, 0.1) is 0 Å². The average molecular weight is 303 g/mol. The van der Waals surface area contributed by atoms with E-state index >= 15 is 0 Å². The monoisotopic (exact) mass is 303 g/mol. The Balaban J connectivity index is 1.84. The Morgan fingerprint density at radius 2 is 1.48 bits per heavy atom. The maximum absolute atomic E-state index is 12.2. The summed E-state index contributed by atoms with van der Waals surface area (Å²) in [4.78, 5) is 12.2. The Labute approximate surface area is 135 Å². The van der Waals surface area contributed by atoms with Gasteiger partial charge in [-0.3, -0.25) is 4.79 Å². The number of hydrogen-bond acceptors (Lipinski definition) is 2. The van der Waals surface area contributed by atoms with E-state index in [4.69, 9.17) is 0 Å². The first kappa shape index (κ1) is 14.9. The number of benzene rings is 3. The van der Waals surface area contributed by atoms with E-state index in [-0.39, 0.29) is 18.2 Å². The largest absolute Gasteiger partial charge is 0.508 e. The van der Waals surface area contributed by atoms with Gasteiger partial charge in [0.2, 0.25) is 0 Å². The second kappa shape index (κ2) is 6.79. The van der Waals surface area contributed by atoms with E-state index in [1.807, 2.05) is 54.6 Å². The summed E-state index contributed by atoms with van der Waals surface area (Å²) in [7, 11) is 0. The number of carbonyl (C=O) groups excluding carboxylic acids is 1. The molecule has 2 N–H and O–H groups in total. The third-order valence-electron chi connectivity index (χ3n) is 3.70. The van der Waals surface area contributed by atoms with E-state index in [1.54, 1.807) is 24.3 Å². The highest BCUT2D eigenvalue weighted by atomic mass is 16.3. The number of phenols is 1. The van der Waals surface area contributed by atoms with Gasteiger partial charge in [0.15, 0.2) is 0 Å². The van der Waals surface area contributed by atoms with Crippen molar-refractivity contribution in [2.75, 3.05) is 0 Å². The first-order valence-electron chi connectivity index (χ1n) is 7.45. The van der Waals surface area contributed by atoms with Crippen molar-refractivity contribution in [3.05, 3.63) is 90.0 Å². The van der Waals surface area contributed by atoms with Gasteiger partial charge in [-0.05, 0) is 29.3 Å². The molecule has 0 fully saturated rings. The molecule has 0 aromatic heterocycles. The Kier molecular flexibility index (Phi) is 4.39. The molecule has 114 valence electrons. The number of nitrogens with one attached hydrogen (secondary N) is 1. The van der Waals surface area contributed by atoms with Crippen molar-refractivity contribution in [1.82, 2.24) is 5.32 Å². The molecule has 0 bridgehead atoms. The molecule has 3 nitrogen and oxygen atoms in total. The van der Waals surface area contributed by atoms with Crippen LogP contribution in [0.25, 0.3) is 11.1 Å². The number of aromatic hydroxyl groups is 1. The SMILES string of the molecule is O=C(NCc1c(O)cccc1-c1ccccc1)c1ccccc1. The zero-order chi connectivity index (χ0) is 16.1. The lowest BCUT2D eigenvalue weighted by atomic mass is 9.99. The van der Waals surface area contributed by atoms with Crippen molar-refractivity contribution in [1.29, 1.82) is 0 Å². The predicted octanol–water partition coefficient (Wildman–Crippen LogP) is 3.99. The Hall–Kier alpha value is -3.07. The van der Waals surface area contributed by atoms with E-state index in [9.17, 15) is 9.90 Å². The minimum Gasteiger partial charge on any atom is -0.508 e. The highest BCUT2D eigenvalue weighted by Crippen LogP contribution is 2.29. The van der Waals surface area contributed by atoms with E-state index in [2.05, 4.69) is 5.32 Å². The molecule has 0 saturated heterocycles. The molecular formula is C20H17NO2. The zero-order valence-corrected chi connectivity index (χ0v) is 12.6. The lowest BCUT2D eigenvalue weighted by Gasteiger charge is -2.13. The molecule has 0 aliphatic carbocycles. The van der Waals surface area contributed by atoms with Crippen molar-refractivity contribution in [3.8, 4) is 16.9 Å². The highest BCUT2D eigenvalue weighted by Gasteiger charge is 2.11. The normalized spacial score (nSPS) is 10.3. The number of amides is 1. The van der Waals surface area contributed by atoms with Crippen molar-refractivity contribution < 1.29 is 9.90 Å². The van der Waals surface area contributed by atoms with Gasteiger partial charge in [-0.2, -0.15) is 0 Å². The molecule has 3 aromatic rings. The average Bonchev–Trinajstić information content (AvgIpc) is 2.62. The summed E-state index contributed by atoms with van der Waals surface area (Å²) in [5, 5.41) is 13.1. The lowest BCUT2D eigenvalue weighted by Crippen LogP contribution is -2.23. The van der Waals surface area contributed by atoms with Crippen LogP contribution in [0.1, 0.15) is 15.9 Å². The van der Waals surface area contributed by atoms with Gasteiger partial charge in [0, 0.05) is 17.7 Å². The van der Waals surface area contributed by atoms with Crippen LogP contribution in [0.4, 0.5) is 0 Å². The molecule has 3 rings (SSSR count). The molecule has 3 heteroatoms. The van der Waals surface area contributed by atoms with Gasteiger partial charge in [-0.15, -0.1) is 0 Å². The van der Waals surface area contributed by atoms with Crippen LogP contribution < -0.4 is 5.32 Å². The molecule has 0 saturated carbocycles. The Bertz CT molecular complexity index is 798. The fraction of sp³-hybridized carbons (Fsp3) is 0.0500. The second-order valence-corrected chi connectivity index (χ2v) is 5.22. The minimum atomic E-state index is -0.159. The summed E-state index contributed by atoms with van der Waals surface area (Å²) in [6, 6.07) is 24.2. The van der Waals surface area contributed by atoms with Crippen LogP contribution in [0.5, 0.6) is 5.75 Å². The molecule has 0 aliphatic rings. The van der Waals surface area contributed by atoms with Crippen LogP contribution in [-0.2, 0) is 6.54 Å². The van der Waals surface area contributed by atoms with Gasteiger partial charge in [0.05, 0.1) is 0 Å². The third kappa shape index (κ3) is 3.40. The number of carbonyl (C=O) groups is 1. The van der Waals surface area contributed by atoms with Crippen LogP contribution in [0.15, 0.2) is 78.9 Å². The van der Waals surface area contributed by atoms with Gasteiger partial charge in [-0.1, -0.05) is 60.7 Å². The fourth-order valence-corrected chi connectivity index (χ4v) is 2.51. The third-order valence-corrected chi connectivity index (χ3v) is 3.70. The summed E-state index contributed by atoms with van der Waals surface area (Å²) >= 11 is 0. The van der Waals surface area contributed by atoms with E-state index in [0.717, 1.165) is 11.1 Å². The van der Waals surface area contributed by atoms with Crippen LogP contribution in [-0.4, -0.2) is 11.0 Å². The maximum Gasteiger partial charge on any atom is 0.251 e. The summed E-state index contributed by atoms with van der Waals surface area (Å²) < 4.78 is 0. The fourth-order valence-electron chi connectivity index (χ4n) is 2.51. The molecule has 0 heterocycles. The number of hydrogen-bond donors (Lipinski definition) is 2. The molecule has 0 spiro atoms. The molecule has 0 atom stereocenters. The second-order valence-electron chi connectivity index (χ2n) is 5.22. The molecule has 3 aromatic carbocycles. The van der Waals surface area contributed by atoms with Gasteiger partial charge in [-0.25, -0.2) is 0 Å². The van der Waals surface area contributed by atoms with Crippen molar-refractivity contribution >= 4 is 5.91 Å². The van der Waals surface area contributed by atoms with Gasteiger partial charge < -0.3 is 10.4 Å². The van der Waals surface area contributed by atoms with E-state index < -0.39 is 0 Å². The van der Waals surface area contributed by atoms with Crippen molar-refractivity contribution in [2.45, 2.75) is 6.54 Å². The van der Waals surface area contributed by atoms with Crippen LogP contribution in [0.3, 0.4) is 0 Å². The quantitative estimate of drug-likeness (QED) is 0.765. The zero-order valence-electron chi connectivity index (χ0n) is 12.6. The summed E-state index contributed by atoms with van der Waals surface area (Å²) in [5.74, 6) is 0.0209. The van der Waals surface area contributed by atoms with Crippen molar-refractivity contribution in [2.24, 2.45) is 0 Å². The van der Waals surface area contributed by atoms with Gasteiger partial charge >= 0.3 is 0 Å². The topological polar surface area (TPSA) is 49.3 Å². The van der Waals surface area contributed by atoms with E-state index in [0.29, 0.717) is 11.1 Å². The van der Waals surface area contributed by atoms with Crippen LogP contribution in [0.2, 0.25) is 0 Å². The molecule has 0 aliphatic heterocycles.